The third kappa shape index (κ3) is 5.56. The highest BCUT2D eigenvalue weighted by molar-refractivity contribution is 7.99. The molecule has 1 amide bonds. The molecule has 2 aromatic heterocycles. The number of carbonyl (C=O) groups excluding carboxylic acids is 1. The number of benzene rings is 1. The summed E-state index contributed by atoms with van der Waals surface area (Å²) in [5.74, 6) is 1.49. The summed E-state index contributed by atoms with van der Waals surface area (Å²) in [7, 11) is 0. The van der Waals surface area contributed by atoms with Crippen molar-refractivity contribution in [2.24, 2.45) is 0 Å². The topological polar surface area (TPSA) is 84.7 Å². The zero-order chi connectivity index (χ0) is 21.5. The van der Waals surface area contributed by atoms with Crippen molar-refractivity contribution in [1.82, 2.24) is 25.1 Å². The lowest BCUT2D eigenvalue weighted by Crippen LogP contribution is -2.27. The molecule has 0 radical (unpaired) electrons. The van der Waals surface area contributed by atoms with E-state index in [9.17, 15) is 4.79 Å². The minimum absolute atomic E-state index is 0.257. The number of nitrogens with one attached hydrogen (secondary N) is 2. The van der Waals surface area contributed by atoms with Crippen LogP contribution in [-0.2, 0) is 6.54 Å². The minimum Gasteiger partial charge on any atom is -0.369 e. The zero-order valence-electron chi connectivity index (χ0n) is 16.9. The van der Waals surface area contributed by atoms with E-state index in [1.807, 2.05) is 0 Å². The van der Waals surface area contributed by atoms with Crippen molar-refractivity contribution in [3.8, 4) is 0 Å². The number of nitrogens with zero attached hydrogens (tertiary/aromatic N) is 4. The van der Waals surface area contributed by atoms with Gasteiger partial charge in [0.05, 0.1) is 28.7 Å². The first-order valence-corrected chi connectivity index (χ1v) is 11.6. The van der Waals surface area contributed by atoms with Gasteiger partial charge in [-0.25, -0.2) is 14.6 Å². The molecule has 0 saturated carbocycles. The zero-order valence-corrected chi connectivity index (χ0v) is 19.2. The quantitative estimate of drug-likeness (QED) is 0.326. The van der Waals surface area contributed by atoms with E-state index in [1.54, 1.807) is 40.8 Å². The fourth-order valence-electron chi connectivity index (χ4n) is 2.78. The molecule has 2 N–H and O–H groups in total. The Hall–Kier alpha value is -2.03. The molecule has 0 aliphatic rings. The normalized spacial score (nSPS) is 11.1. The van der Waals surface area contributed by atoms with Crippen LogP contribution in [0.25, 0.3) is 11.0 Å². The molecule has 3 aromatic rings. The minimum atomic E-state index is -0.257. The Bertz CT molecular complexity index is 1030. The van der Waals surface area contributed by atoms with Crippen LogP contribution < -0.4 is 10.6 Å². The van der Waals surface area contributed by atoms with Crippen LogP contribution in [0.3, 0.4) is 0 Å². The summed E-state index contributed by atoms with van der Waals surface area (Å²) in [6.45, 7) is 5.92. The highest BCUT2D eigenvalue weighted by Gasteiger charge is 2.14. The van der Waals surface area contributed by atoms with E-state index in [1.165, 1.54) is 0 Å². The van der Waals surface area contributed by atoms with Crippen molar-refractivity contribution in [3.05, 3.63) is 40.0 Å². The number of fused-ring (bicyclic) bond motifs is 1. The second kappa shape index (κ2) is 10.8. The number of amides is 1. The number of thioether (sulfide) groups is 1. The van der Waals surface area contributed by atoms with Gasteiger partial charge in [0, 0.05) is 23.9 Å². The first kappa shape index (κ1) is 22.7. The molecule has 0 fully saturated rings. The van der Waals surface area contributed by atoms with E-state index < -0.39 is 0 Å². The molecule has 0 aliphatic heterocycles. The van der Waals surface area contributed by atoms with E-state index in [0.29, 0.717) is 28.7 Å². The summed E-state index contributed by atoms with van der Waals surface area (Å²) >= 11 is 13.6. The van der Waals surface area contributed by atoms with Crippen LogP contribution in [-0.4, -0.2) is 44.5 Å². The molecule has 0 bridgehead atoms. The Morgan fingerprint density at radius 2 is 2.00 bits per heavy atom. The summed E-state index contributed by atoms with van der Waals surface area (Å²) in [6.07, 6.45) is 3.80. The first-order chi connectivity index (χ1) is 14.5. The van der Waals surface area contributed by atoms with Gasteiger partial charge in [-0.05, 0) is 31.0 Å². The van der Waals surface area contributed by atoms with Gasteiger partial charge in [0.1, 0.15) is 5.82 Å². The summed E-state index contributed by atoms with van der Waals surface area (Å²) < 4.78 is 1.79. The summed E-state index contributed by atoms with van der Waals surface area (Å²) in [4.78, 5) is 21.7. The first-order valence-electron chi connectivity index (χ1n) is 9.87. The average Bonchev–Trinajstić information content (AvgIpc) is 3.13. The fraction of sp³-hybridized carbons (Fsp3) is 0.400. The maximum atomic E-state index is 12.4. The van der Waals surface area contributed by atoms with Gasteiger partial charge in [-0.3, -0.25) is 4.79 Å². The average molecular weight is 467 g/mol. The predicted molar refractivity (Wildman–Crippen MR) is 124 cm³/mol. The molecule has 7 nitrogen and oxygen atoms in total. The molecular formula is C20H24Cl2N6OS. The number of hydrogen-bond donors (Lipinski definition) is 2. The third-order valence-electron chi connectivity index (χ3n) is 4.24. The van der Waals surface area contributed by atoms with Gasteiger partial charge in [-0.1, -0.05) is 48.8 Å². The van der Waals surface area contributed by atoms with E-state index in [4.69, 9.17) is 23.2 Å². The number of rotatable bonds is 10. The second-order valence-corrected chi connectivity index (χ2v) is 8.52. The molecule has 1 aromatic carbocycles. The van der Waals surface area contributed by atoms with Crippen LogP contribution in [0.1, 0.15) is 37.0 Å². The molecule has 30 heavy (non-hydrogen) atoms. The Kier molecular flexibility index (Phi) is 8.18. The van der Waals surface area contributed by atoms with E-state index >= 15 is 0 Å². The highest BCUT2D eigenvalue weighted by Crippen LogP contribution is 2.25. The van der Waals surface area contributed by atoms with Gasteiger partial charge >= 0.3 is 0 Å². The van der Waals surface area contributed by atoms with Crippen LogP contribution in [0, 0.1) is 0 Å². The van der Waals surface area contributed by atoms with Crippen LogP contribution in [0.4, 0.5) is 5.82 Å². The summed E-state index contributed by atoms with van der Waals surface area (Å²) in [5.41, 5.74) is 1.14. The highest BCUT2D eigenvalue weighted by atomic mass is 35.5. The Balaban J connectivity index is 1.74. The summed E-state index contributed by atoms with van der Waals surface area (Å²) in [6, 6.07) is 4.80. The lowest BCUT2D eigenvalue weighted by Gasteiger charge is -2.10. The van der Waals surface area contributed by atoms with Gasteiger partial charge in [0.2, 0.25) is 0 Å². The fourth-order valence-corrected chi connectivity index (χ4v) is 3.97. The summed E-state index contributed by atoms with van der Waals surface area (Å²) in [5, 5.41) is 13.1. The number of carbonyl (C=O) groups is 1. The molecule has 2 heterocycles. The van der Waals surface area contributed by atoms with Crippen molar-refractivity contribution >= 4 is 57.7 Å². The van der Waals surface area contributed by atoms with Gasteiger partial charge in [-0.2, -0.15) is 5.10 Å². The van der Waals surface area contributed by atoms with Gasteiger partial charge < -0.3 is 10.6 Å². The number of aromatic nitrogens is 4. The number of halogens is 2. The molecule has 0 unspecified atom stereocenters. The molecule has 0 spiro atoms. The Labute approximate surface area is 189 Å². The van der Waals surface area contributed by atoms with Crippen LogP contribution in [0.15, 0.2) is 29.6 Å². The van der Waals surface area contributed by atoms with Crippen LogP contribution in [0.2, 0.25) is 10.0 Å². The maximum Gasteiger partial charge on any atom is 0.252 e. The Morgan fingerprint density at radius 1 is 1.17 bits per heavy atom. The molecule has 160 valence electrons. The van der Waals surface area contributed by atoms with Crippen molar-refractivity contribution < 1.29 is 4.79 Å². The standard InChI is InChI=1S/C20H24Cl2N6OS/c1-3-7-23-17-15-12-25-28(18(15)27-20(26-17)30-10-4-2)9-8-24-19(29)14-6-5-13(21)11-16(14)22/h5-6,11-12H,3-4,7-10H2,1-2H3,(H,24,29)(H,23,26,27). The van der Waals surface area contributed by atoms with Gasteiger partial charge in [-0.15, -0.1) is 0 Å². The third-order valence-corrected chi connectivity index (χ3v) is 5.84. The molecule has 10 heteroatoms. The molecule has 0 aliphatic carbocycles. The molecular weight excluding hydrogens is 443 g/mol. The largest absolute Gasteiger partial charge is 0.369 e. The van der Waals surface area contributed by atoms with Crippen molar-refractivity contribution in [2.45, 2.75) is 38.4 Å². The van der Waals surface area contributed by atoms with Crippen LogP contribution in [0.5, 0.6) is 0 Å². The molecule has 0 atom stereocenters. The lowest BCUT2D eigenvalue weighted by molar-refractivity contribution is 0.0952. The van der Waals surface area contributed by atoms with Crippen molar-refractivity contribution in [2.75, 3.05) is 24.2 Å². The van der Waals surface area contributed by atoms with E-state index in [-0.39, 0.29) is 5.91 Å². The SMILES string of the molecule is CCCNc1nc(SCCC)nc2c1cnn2CCNC(=O)c1ccc(Cl)cc1Cl. The van der Waals surface area contributed by atoms with E-state index in [2.05, 4.69) is 39.5 Å². The van der Waals surface area contributed by atoms with Gasteiger partial charge in [0.25, 0.3) is 5.91 Å². The predicted octanol–water partition coefficient (Wildman–Crippen LogP) is 4.89. The van der Waals surface area contributed by atoms with Crippen molar-refractivity contribution in [3.63, 3.8) is 0 Å². The van der Waals surface area contributed by atoms with E-state index in [0.717, 1.165) is 47.1 Å². The van der Waals surface area contributed by atoms with Gasteiger partial charge in [0.15, 0.2) is 10.8 Å². The Morgan fingerprint density at radius 3 is 2.73 bits per heavy atom. The smallest absolute Gasteiger partial charge is 0.252 e. The van der Waals surface area contributed by atoms with Crippen molar-refractivity contribution in [1.29, 1.82) is 0 Å². The maximum absolute atomic E-state index is 12.4. The molecule has 0 saturated heterocycles. The van der Waals surface area contributed by atoms with Crippen LogP contribution >= 0.6 is 35.0 Å². The second-order valence-electron chi connectivity index (χ2n) is 6.62. The monoisotopic (exact) mass is 466 g/mol. The lowest BCUT2D eigenvalue weighted by atomic mass is 10.2. The number of anilines is 1. The molecule has 3 rings (SSSR count). The number of hydrogen-bond acceptors (Lipinski definition) is 6.